The molecule has 1 fully saturated rings. The zero-order valence-electron chi connectivity index (χ0n) is 10.3. The van der Waals surface area contributed by atoms with Gasteiger partial charge in [-0.3, -0.25) is 4.79 Å². The zero-order chi connectivity index (χ0) is 13.0. The molecule has 0 aliphatic carbocycles. The van der Waals surface area contributed by atoms with Crippen LogP contribution >= 0.6 is 15.9 Å². The molecule has 1 amide bonds. The molecule has 4 heteroatoms. The van der Waals surface area contributed by atoms with Gasteiger partial charge in [-0.05, 0) is 47.0 Å². The standard InChI is InChI=1S/C14H17BrFNO/c15-12-7-6-11(10-13(12)16)14(18)17-8-4-2-1-3-5-9-17/h6-7,10H,1-5,8-9H2. The summed E-state index contributed by atoms with van der Waals surface area (Å²) in [7, 11) is 0. The summed E-state index contributed by atoms with van der Waals surface area (Å²) in [5.74, 6) is -0.434. The van der Waals surface area contributed by atoms with Gasteiger partial charge in [0.1, 0.15) is 5.82 Å². The summed E-state index contributed by atoms with van der Waals surface area (Å²) in [4.78, 5) is 14.1. The molecule has 0 bridgehead atoms. The van der Waals surface area contributed by atoms with E-state index in [1.165, 1.54) is 25.3 Å². The van der Waals surface area contributed by atoms with Gasteiger partial charge < -0.3 is 4.90 Å². The molecule has 0 radical (unpaired) electrons. The van der Waals surface area contributed by atoms with E-state index in [4.69, 9.17) is 0 Å². The topological polar surface area (TPSA) is 20.3 Å². The maximum atomic E-state index is 13.4. The van der Waals surface area contributed by atoms with Crippen molar-refractivity contribution in [2.45, 2.75) is 32.1 Å². The van der Waals surface area contributed by atoms with Crippen LogP contribution in [0.25, 0.3) is 0 Å². The highest BCUT2D eigenvalue weighted by Crippen LogP contribution is 2.19. The van der Waals surface area contributed by atoms with E-state index in [1.54, 1.807) is 12.1 Å². The molecular weight excluding hydrogens is 297 g/mol. The second kappa shape index (κ2) is 6.32. The summed E-state index contributed by atoms with van der Waals surface area (Å²) in [6, 6.07) is 4.58. The summed E-state index contributed by atoms with van der Waals surface area (Å²) in [5, 5.41) is 0. The Morgan fingerprint density at radius 1 is 1.11 bits per heavy atom. The highest BCUT2D eigenvalue weighted by atomic mass is 79.9. The van der Waals surface area contributed by atoms with Crippen LogP contribution in [0.1, 0.15) is 42.5 Å². The fourth-order valence-corrected chi connectivity index (χ4v) is 2.51. The van der Waals surface area contributed by atoms with E-state index in [0.29, 0.717) is 10.0 Å². The lowest BCUT2D eigenvalue weighted by atomic mass is 10.1. The minimum atomic E-state index is -0.382. The van der Waals surface area contributed by atoms with Gasteiger partial charge in [-0.15, -0.1) is 0 Å². The van der Waals surface area contributed by atoms with Crippen molar-refractivity contribution >= 4 is 21.8 Å². The van der Waals surface area contributed by atoms with Gasteiger partial charge in [0, 0.05) is 18.7 Å². The van der Waals surface area contributed by atoms with Gasteiger partial charge in [0.15, 0.2) is 0 Å². The summed E-state index contributed by atoms with van der Waals surface area (Å²) in [6.45, 7) is 1.58. The first-order valence-electron chi connectivity index (χ1n) is 6.43. The van der Waals surface area contributed by atoms with Crippen LogP contribution in [0.3, 0.4) is 0 Å². The normalized spacial score (nSPS) is 17.1. The number of hydrogen-bond acceptors (Lipinski definition) is 1. The first-order chi connectivity index (χ1) is 8.68. The van der Waals surface area contributed by atoms with Crippen molar-refractivity contribution in [1.29, 1.82) is 0 Å². The zero-order valence-corrected chi connectivity index (χ0v) is 11.9. The molecule has 1 saturated heterocycles. The molecule has 1 aromatic carbocycles. The first-order valence-corrected chi connectivity index (χ1v) is 7.22. The second-order valence-corrected chi connectivity index (χ2v) is 5.54. The molecule has 0 N–H and O–H groups in total. The highest BCUT2D eigenvalue weighted by molar-refractivity contribution is 9.10. The molecule has 0 aromatic heterocycles. The highest BCUT2D eigenvalue weighted by Gasteiger charge is 2.17. The van der Waals surface area contributed by atoms with Gasteiger partial charge in [-0.2, -0.15) is 0 Å². The fraction of sp³-hybridized carbons (Fsp3) is 0.500. The van der Waals surface area contributed by atoms with Gasteiger partial charge in [-0.25, -0.2) is 4.39 Å². The largest absolute Gasteiger partial charge is 0.339 e. The Morgan fingerprint density at radius 2 is 1.72 bits per heavy atom. The van der Waals surface area contributed by atoms with E-state index >= 15 is 0 Å². The number of amides is 1. The van der Waals surface area contributed by atoms with E-state index in [1.807, 2.05) is 4.90 Å². The number of likely N-dealkylation sites (tertiary alicyclic amines) is 1. The van der Waals surface area contributed by atoms with Gasteiger partial charge >= 0.3 is 0 Å². The van der Waals surface area contributed by atoms with E-state index in [0.717, 1.165) is 25.9 Å². The molecule has 1 aliphatic heterocycles. The molecule has 0 unspecified atom stereocenters. The smallest absolute Gasteiger partial charge is 0.253 e. The van der Waals surface area contributed by atoms with Crippen LogP contribution in [0.4, 0.5) is 4.39 Å². The quantitative estimate of drug-likeness (QED) is 0.767. The van der Waals surface area contributed by atoms with Crippen molar-refractivity contribution in [2.75, 3.05) is 13.1 Å². The van der Waals surface area contributed by atoms with Crippen LogP contribution in [-0.2, 0) is 0 Å². The van der Waals surface area contributed by atoms with Crippen molar-refractivity contribution in [1.82, 2.24) is 4.90 Å². The number of rotatable bonds is 1. The van der Waals surface area contributed by atoms with Gasteiger partial charge in [0.05, 0.1) is 4.47 Å². The summed E-state index contributed by atoms with van der Waals surface area (Å²) < 4.78 is 13.8. The number of benzene rings is 1. The van der Waals surface area contributed by atoms with Crippen molar-refractivity contribution in [3.63, 3.8) is 0 Å². The van der Waals surface area contributed by atoms with Gasteiger partial charge in [0.25, 0.3) is 5.91 Å². The van der Waals surface area contributed by atoms with Crippen LogP contribution < -0.4 is 0 Å². The molecular formula is C14H17BrFNO. The van der Waals surface area contributed by atoms with Gasteiger partial charge in [-0.1, -0.05) is 19.3 Å². The molecule has 0 atom stereocenters. The monoisotopic (exact) mass is 313 g/mol. The molecule has 1 aromatic rings. The number of nitrogens with zero attached hydrogens (tertiary/aromatic N) is 1. The minimum absolute atomic E-state index is 0.0525. The lowest BCUT2D eigenvalue weighted by Gasteiger charge is -2.24. The number of carbonyl (C=O) groups is 1. The molecule has 18 heavy (non-hydrogen) atoms. The lowest BCUT2D eigenvalue weighted by molar-refractivity contribution is 0.0742. The number of carbonyl (C=O) groups excluding carboxylic acids is 1. The molecule has 0 spiro atoms. The molecule has 0 saturated carbocycles. The third-order valence-corrected chi connectivity index (χ3v) is 3.95. The van der Waals surface area contributed by atoms with Crippen LogP contribution in [-0.4, -0.2) is 23.9 Å². The van der Waals surface area contributed by atoms with Crippen LogP contribution in [0, 0.1) is 5.82 Å². The second-order valence-electron chi connectivity index (χ2n) is 4.69. The van der Waals surface area contributed by atoms with Crippen LogP contribution in [0.5, 0.6) is 0 Å². The fourth-order valence-electron chi connectivity index (χ4n) is 2.26. The van der Waals surface area contributed by atoms with Crippen LogP contribution in [0.2, 0.25) is 0 Å². The van der Waals surface area contributed by atoms with E-state index < -0.39 is 0 Å². The third kappa shape index (κ3) is 3.31. The summed E-state index contributed by atoms with van der Waals surface area (Å²) in [5.41, 5.74) is 0.441. The number of halogens is 2. The Bertz CT molecular complexity index is 428. The summed E-state index contributed by atoms with van der Waals surface area (Å²) in [6.07, 6.45) is 5.71. The average Bonchev–Trinajstić information content (AvgIpc) is 2.31. The Hall–Kier alpha value is -0.900. The first kappa shape index (κ1) is 13.5. The maximum absolute atomic E-state index is 13.4. The Labute approximate surface area is 115 Å². The maximum Gasteiger partial charge on any atom is 0.253 e. The third-order valence-electron chi connectivity index (χ3n) is 3.31. The van der Waals surface area contributed by atoms with Crippen molar-refractivity contribution in [3.05, 3.63) is 34.1 Å². The van der Waals surface area contributed by atoms with E-state index in [9.17, 15) is 9.18 Å². The average molecular weight is 314 g/mol. The molecule has 1 heterocycles. The predicted octanol–water partition coefficient (Wildman–Crippen LogP) is 3.99. The predicted molar refractivity (Wildman–Crippen MR) is 73.1 cm³/mol. The summed E-state index contributed by atoms with van der Waals surface area (Å²) >= 11 is 3.10. The van der Waals surface area contributed by atoms with Crippen molar-refractivity contribution in [3.8, 4) is 0 Å². The SMILES string of the molecule is O=C(c1ccc(Br)c(F)c1)N1CCCCCCC1. The van der Waals surface area contributed by atoms with E-state index in [2.05, 4.69) is 15.9 Å². The molecule has 1 aliphatic rings. The number of hydrogen-bond donors (Lipinski definition) is 0. The van der Waals surface area contributed by atoms with E-state index in [-0.39, 0.29) is 11.7 Å². The Morgan fingerprint density at radius 3 is 2.33 bits per heavy atom. The van der Waals surface area contributed by atoms with Crippen molar-refractivity contribution < 1.29 is 9.18 Å². The molecule has 2 nitrogen and oxygen atoms in total. The van der Waals surface area contributed by atoms with Gasteiger partial charge in [0.2, 0.25) is 0 Å². The Balaban J connectivity index is 2.10. The molecule has 2 rings (SSSR count). The Kier molecular flexibility index (Phi) is 4.75. The van der Waals surface area contributed by atoms with Crippen LogP contribution in [0.15, 0.2) is 22.7 Å². The lowest BCUT2D eigenvalue weighted by Crippen LogP contribution is -2.33. The van der Waals surface area contributed by atoms with Crippen molar-refractivity contribution in [2.24, 2.45) is 0 Å². The molecule has 98 valence electrons. The minimum Gasteiger partial charge on any atom is -0.339 e.